The van der Waals surface area contributed by atoms with Gasteiger partial charge in [-0.15, -0.1) is 0 Å². The highest BCUT2D eigenvalue weighted by Gasteiger charge is 2.21. The van der Waals surface area contributed by atoms with Crippen LogP contribution >= 0.6 is 0 Å². The molecule has 0 radical (unpaired) electrons. The number of carbonyl (C=O) groups excluding carboxylic acids is 1. The van der Waals surface area contributed by atoms with Crippen molar-refractivity contribution in [2.24, 2.45) is 5.73 Å². The Morgan fingerprint density at radius 1 is 1.43 bits per heavy atom. The van der Waals surface area contributed by atoms with Crippen LogP contribution < -0.4 is 15.8 Å². The lowest BCUT2D eigenvalue weighted by atomic mass is 10.1. The van der Waals surface area contributed by atoms with E-state index in [2.05, 4.69) is 21.9 Å². The monoisotopic (exact) mass is 309 g/mol. The predicted octanol–water partition coefficient (Wildman–Crippen LogP) is -0.282. The molecule has 1 aromatic carbocycles. The van der Waals surface area contributed by atoms with E-state index in [4.69, 9.17) is 5.73 Å². The van der Waals surface area contributed by atoms with Crippen LogP contribution in [0.25, 0.3) is 0 Å². The molecule has 0 heterocycles. The number of sulfonamides is 1. The molecular weight excluding hydrogens is 290 g/mol. The fourth-order valence-corrected chi connectivity index (χ4v) is 2.95. The largest absolute Gasteiger partial charge is 0.358 e. The van der Waals surface area contributed by atoms with Crippen molar-refractivity contribution in [3.05, 3.63) is 29.3 Å². The number of nitrogens with one attached hydrogen (secondary N) is 2. The summed E-state index contributed by atoms with van der Waals surface area (Å²) in [6.07, 6.45) is 0. The van der Waals surface area contributed by atoms with Crippen molar-refractivity contribution in [2.75, 3.05) is 13.6 Å². The molecule has 0 aliphatic heterocycles. The van der Waals surface area contributed by atoms with E-state index in [1.807, 2.05) is 0 Å². The zero-order chi connectivity index (χ0) is 16.0. The van der Waals surface area contributed by atoms with Gasteiger partial charge >= 0.3 is 0 Å². The van der Waals surface area contributed by atoms with E-state index < -0.39 is 22.0 Å². The number of nitrogens with two attached hydrogens (primary N) is 1. The van der Waals surface area contributed by atoms with E-state index in [9.17, 15) is 13.2 Å². The van der Waals surface area contributed by atoms with Crippen molar-refractivity contribution in [3.63, 3.8) is 0 Å². The maximum atomic E-state index is 12.2. The standard InChI is InChI=1S/C14H19N3O3S/c1-10-9-13(7-6-12(10)5-4-8-15)21(19,20)17-11(2)14(18)16-3/h6-7,9,11,17H,8,15H2,1-3H3,(H,16,18). The van der Waals surface area contributed by atoms with Gasteiger partial charge in [0.2, 0.25) is 15.9 Å². The summed E-state index contributed by atoms with van der Waals surface area (Å²) in [6.45, 7) is 3.48. The van der Waals surface area contributed by atoms with E-state index >= 15 is 0 Å². The van der Waals surface area contributed by atoms with Crippen LogP contribution in [-0.4, -0.2) is 34.0 Å². The number of benzene rings is 1. The van der Waals surface area contributed by atoms with Gasteiger partial charge < -0.3 is 11.1 Å². The van der Waals surface area contributed by atoms with Gasteiger partial charge in [-0.05, 0) is 37.6 Å². The van der Waals surface area contributed by atoms with Gasteiger partial charge in [-0.25, -0.2) is 8.42 Å². The summed E-state index contributed by atoms with van der Waals surface area (Å²) in [4.78, 5) is 11.5. The number of hydrogen-bond acceptors (Lipinski definition) is 4. The minimum atomic E-state index is -3.76. The molecule has 0 saturated heterocycles. The van der Waals surface area contributed by atoms with Crippen molar-refractivity contribution in [1.82, 2.24) is 10.0 Å². The minimum absolute atomic E-state index is 0.0917. The molecule has 1 amide bonds. The Morgan fingerprint density at radius 3 is 2.62 bits per heavy atom. The number of hydrogen-bond donors (Lipinski definition) is 3. The first-order valence-corrected chi connectivity index (χ1v) is 7.83. The van der Waals surface area contributed by atoms with Crippen molar-refractivity contribution in [2.45, 2.75) is 24.8 Å². The third kappa shape index (κ3) is 4.56. The molecular formula is C14H19N3O3S. The van der Waals surface area contributed by atoms with Gasteiger partial charge in [0.25, 0.3) is 0 Å². The Kier molecular flexibility index (Phi) is 5.90. The second kappa shape index (κ2) is 7.22. The Bertz CT molecular complexity index is 687. The lowest BCUT2D eigenvalue weighted by Gasteiger charge is -2.13. The fourth-order valence-electron chi connectivity index (χ4n) is 1.66. The van der Waals surface area contributed by atoms with Gasteiger partial charge in [0.05, 0.1) is 17.5 Å². The topological polar surface area (TPSA) is 101 Å². The first kappa shape index (κ1) is 17.2. The predicted molar refractivity (Wildman–Crippen MR) is 81.0 cm³/mol. The number of likely N-dealkylation sites (N-methyl/N-ethyl adjacent to an activating group) is 1. The summed E-state index contributed by atoms with van der Waals surface area (Å²) >= 11 is 0. The molecule has 0 aromatic heterocycles. The van der Waals surface area contributed by atoms with E-state index in [0.29, 0.717) is 0 Å². The molecule has 1 atom stereocenters. The molecule has 0 spiro atoms. The van der Waals surface area contributed by atoms with Gasteiger partial charge in [-0.1, -0.05) is 11.8 Å². The average molecular weight is 309 g/mol. The first-order chi connectivity index (χ1) is 9.81. The fraction of sp³-hybridized carbons (Fsp3) is 0.357. The SMILES string of the molecule is CNC(=O)C(C)NS(=O)(=O)c1ccc(C#CCN)c(C)c1. The zero-order valence-corrected chi connectivity index (χ0v) is 13.0. The molecule has 0 fully saturated rings. The Hall–Kier alpha value is -1.88. The van der Waals surface area contributed by atoms with Crippen molar-refractivity contribution in [1.29, 1.82) is 0 Å². The lowest BCUT2D eigenvalue weighted by Crippen LogP contribution is -2.43. The first-order valence-electron chi connectivity index (χ1n) is 6.35. The second-order valence-corrected chi connectivity index (χ2v) is 6.15. The normalized spacial score (nSPS) is 12.2. The highest BCUT2D eigenvalue weighted by Crippen LogP contribution is 2.15. The Labute approximate surface area is 125 Å². The summed E-state index contributed by atoms with van der Waals surface area (Å²) in [5.74, 6) is 5.18. The molecule has 114 valence electrons. The van der Waals surface area contributed by atoms with Crippen molar-refractivity contribution in [3.8, 4) is 11.8 Å². The van der Waals surface area contributed by atoms with Crippen LogP contribution in [0.4, 0.5) is 0 Å². The van der Waals surface area contributed by atoms with Gasteiger partial charge in [-0.2, -0.15) is 4.72 Å². The van der Waals surface area contributed by atoms with Crippen LogP contribution in [0.2, 0.25) is 0 Å². The molecule has 7 heteroatoms. The average Bonchev–Trinajstić information content (AvgIpc) is 2.44. The molecule has 1 unspecified atom stereocenters. The van der Waals surface area contributed by atoms with Gasteiger partial charge in [-0.3, -0.25) is 4.79 Å². The highest BCUT2D eigenvalue weighted by atomic mass is 32.2. The minimum Gasteiger partial charge on any atom is -0.358 e. The van der Waals surface area contributed by atoms with Gasteiger partial charge in [0.15, 0.2) is 0 Å². The second-order valence-electron chi connectivity index (χ2n) is 4.44. The molecule has 0 aliphatic carbocycles. The van der Waals surface area contributed by atoms with Crippen molar-refractivity contribution < 1.29 is 13.2 Å². The van der Waals surface area contributed by atoms with E-state index in [1.54, 1.807) is 13.0 Å². The number of carbonyl (C=O) groups is 1. The number of aryl methyl sites for hydroxylation is 1. The third-order valence-corrected chi connectivity index (χ3v) is 4.34. The maximum absolute atomic E-state index is 12.2. The molecule has 1 aromatic rings. The molecule has 21 heavy (non-hydrogen) atoms. The van der Waals surface area contributed by atoms with E-state index in [-0.39, 0.29) is 11.4 Å². The lowest BCUT2D eigenvalue weighted by molar-refractivity contribution is -0.121. The summed E-state index contributed by atoms with van der Waals surface area (Å²) in [5, 5.41) is 2.39. The quantitative estimate of drug-likeness (QED) is 0.666. The molecule has 0 saturated carbocycles. The van der Waals surface area contributed by atoms with Crippen LogP contribution in [-0.2, 0) is 14.8 Å². The summed E-state index contributed by atoms with van der Waals surface area (Å²) in [7, 11) is -2.31. The zero-order valence-electron chi connectivity index (χ0n) is 12.2. The van der Waals surface area contributed by atoms with Crippen LogP contribution in [0.3, 0.4) is 0 Å². The van der Waals surface area contributed by atoms with E-state index in [1.165, 1.54) is 26.1 Å². The van der Waals surface area contributed by atoms with Crippen LogP contribution in [0.15, 0.2) is 23.1 Å². The maximum Gasteiger partial charge on any atom is 0.241 e. The Balaban J connectivity index is 3.05. The number of rotatable bonds is 4. The summed E-state index contributed by atoms with van der Waals surface area (Å²) in [6, 6.07) is 3.74. The summed E-state index contributed by atoms with van der Waals surface area (Å²) < 4.78 is 26.7. The molecule has 0 aliphatic rings. The Morgan fingerprint density at radius 2 is 2.10 bits per heavy atom. The summed E-state index contributed by atoms with van der Waals surface area (Å²) in [5.41, 5.74) is 6.75. The number of amides is 1. The third-order valence-electron chi connectivity index (χ3n) is 2.80. The van der Waals surface area contributed by atoms with Crippen molar-refractivity contribution >= 4 is 15.9 Å². The van der Waals surface area contributed by atoms with Gasteiger partial charge in [0, 0.05) is 12.6 Å². The molecule has 4 N–H and O–H groups in total. The van der Waals surface area contributed by atoms with Crippen LogP contribution in [0, 0.1) is 18.8 Å². The van der Waals surface area contributed by atoms with Gasteiger partial charge in [0.1, 0.15) is 0 Å². The highest BCUT2D eigenvalue weighted by molar-refractivity contribution is 7.89. The van der Waals surface area contributed by atoms with Crippen LogP contribution in [0.1, 0.15) is 18.1 Å². The molecule has 6 nitrogen and oxygen atoms in total. The molecule has 0 bridgehead atoms. The smallest absolute Gasteiger partial charge is 0.241 e. The van der Waals surface area contributed by atoms with Crippen LogP contribution in [0.5, 0.6) is 0 Å². The molecule has 1 rings (SSSR count). The van der Waals surface area contributed by atoms with E-state index in [0.717, 1.165) is 11.1 Å².